The van der Waals surface area contributed by atoms with Crippen molar-refractivity contribution in [3.8, 4) is 11.4 Å². The molecule has 1 heterocycles. The fourth-order valence-electron chi connectivity index (χ4n) is 5.14. The normalized spacial score (nSPS) is 12.0. The van der Waals surface area contributed by atoms with Crippen molar-refractivity contribution in [2.24, 2.45) is 7.05 Å². The Kier molecular flexibility index (Phi) is 6.47. The van der Waals surface area contributed by atoms with Crippen molar-refractivity contribution in [3.05, 3.63) is 88.5 Å². The van der Waals surface area contributed by atoms with Gasteiger partial charge in [-0.3, -0.25) is 0 Å². The van der Waals surface area contributed by atoms with E-state index >= 15 is 0 Å². The number of aryl methyl sites for hydroxylation is 2. The van der Waals surface area contributed by atoms with Crippen molar-refractivity contribution >= 4 is 11.0 Å². The molecule has 0 saturated heterocycles. The van der Waals surface area contributed by atoms with Gasteiger partial charge in [-0.25, -0.2) is 9.13 Å². The van der Waals surface area contributed by atoms with Gasteiger partial charge in [-0.1, -0.05) is 84.0 Å². The highest BCUT2D eigenvalue weighted by Crippen LogP contribution is 2.35. The van der Waals surface area contributed by atoms with Crippen LogP contribution < -0.4 is 4.57 Å². The predicted octanol–water partition coefficient (Wildman–Crippen LogP) is 7.86. The van der Waals surface area contributed by atoms with Crippen molar-refractivity contribution in [1.82, 2.24) is 4.57 Å². The molecule has 0 unspecified atom stereocenters. The molecule has 2 heteroatoms. The molecule has 172 valence electrons. The molecular weight excluding hydrogens is 400 g/mol. The van der Waals surface area contributed by atoms with Crippen LogP contribution in [0.4, 0.5) is 0 Å². The Hall–Kier alpha value is -2.87. The van der Waals surface area contributed by atoms with Crippen LogP contribution in [0.15, 0.2) is 60.7 Å². The van der Waals surface area contributed by atoms with E-state index < -0.39 is 0 Å². The largest absolute Gasteiger partial charge is 0.290 e. The summed E-state index contributed by atoms with van der Waals surface area (Å²) < 4.78 is 4.91. The standard InChI is InChI=1S/C31H39N2/c1-20(2)24-17-26(21(3)4)28(27(18-24)22(5)6)19-33-30-16-12-11-15-29(30)32(8)31(33)25-14-10-9-13-23(25)7/h9-18,20-22H,19H2,1-8H3/q+1. The summed E-state index contributed by atoms with van der Waals surface area (Å²) >= 11 is 0. The zero-order valence-electron chi connectivity index (χ0n) is 21.6. The second-order valence-electron chi connectivity index (χ2n) is 10.4. The third kappa shape index (κ3) is 4.24. The van der Waals surface area contributed by atoms with Gasteiger partial charge in [-0.05, 0) is 65.1 Å². The minimum Gasteiger partial charge on any atom is -0.226 e. The Labute approximate surface area is 199 Å². The van der Waals surface area contributed by atoms with E-state index in [0.29, 0.717) is 17.8 Å². The lowest BCUT2D eigenvalue weighted by Crippen LogP contribution is -2.30. The van der Waals surface area contributed by atoms with E-state index in [4.69, 9.17) is 0 Å². The number of imidazole rings is 1. The van der Waals surface area contributed by atoms with E-state index in [9.17, 15) is 0 Å². The van der Waals surface area contributed by atoms with Gasteiger partial charge < -0.3 is 0 Å². The average molecular weight is 440 g/mol. The molecule has 0 aliphatic rings. The number of para-hydroxylation sites is 2. The zero-order chi connectivity index (χ0) is 23.9. The van der Waals surface area contributed by atoms with Gasteiger partial charge in [0.15, 0.2) is 11.0 Å². The number of benzene rings is 3. The summed E-state index contributed by atoms with van der Waals surface area (Å²) in [5, 5.41) is 0. The van der Waals surface area contributed by atoms with E-state index in [1.165, 1.54) is 50.2 Å². The monoisotopic (exact) mass is 439 g/mol. The second-order valence-corrected chi connectivity index (χ2v) is 10.4. The van der Waals surface area contributed by atoms with E-state index in [-0.39, 0.29) is 0 Å². The lowest BCUT2D eigenvalue weighted by molar-refractivity contribution is -0.634. The van der Waals surface area contributed by atoms with Gasteiger partial charge in [0.05, 0.1) is 12.6 Å². The molecule has 0 aliphatic heterocycles. The Balaban J connectivity index is 2.03. The van der Waals surface area contributed by atoms with Gasteiger partial charge in [-0.15, -0.1) is 0 Å². The maximum atomic E-state index is 2.54. The SMILES string of the molecule is Cc1ccccc1-c1n(Cc2c(C(C)C)cc(C(C)C)cc2C(C)C)c2ccccc2[n+]1C. The highest BCUT2D eigenvalue weighted by molar-refractivity contribution is 5.77. The van der Waals surface area contributed by atoms with Crippen LogP contribution in [0.2, 0.25) is 0 Å². The minimum atomic E-state index is 0.480. The van der Waals surface area contributed by atoms with Crippen LogP contribution in [0.25, 0.3) is 22.4 Å². The Bertz CT molecular complexity index is 1260. The summed E-state index contributed by atoms with van der Waals surface area (Å²) in [4.78, 5) is 0. The molecule has 0 bridgehead atoms. The molecular formula is C31H39N2+. The van der Waals surface area contributed by atoms with Crippen LogP contribution in [-0.2, 0) is 13.6 Å². The van der Waals surface area contributed by atoms with Gasteiger partial charge in [-0.2, -0.15) is 0 Å². The minimum absolute atomic E-state index is 0.480. The van der Waals surface area contributed by atoms with Crippen LogP contribution in [0.1, 0.15) is 87.1 Å². The first kappa shape index (κ1) is 23.3. The molecule has 0 saturated carbocycles. The fourth-order valence-corrected chi connectivity index (χ4v) is 5.14. The third-order valence-electron chi connectivity index (χ3n) is 7.06. The van der Waals surface area contributed by atoms with Crippen molar-refractivity contribution in [2.75, 3.05) is 0 Å². The Morgan fingerprint density at radius 2 is 1.33 bits per heavy atom. The summed E-state index contributed by atoms with van der Waals surface area (Å²) in [6.07, 6.45) is 0. The number of hydrogen-bond donors (Lipinski definition) is 0. The maximum absolute atomic E-state index is 2.54. The van der Waals surface area contributed by atoms with Crippen molar-refractivity contribution in [1.29, 1.82) is 0 Å². The highest BCUT2D eigenvalue weighted by Gasteiger charge is 2.27. The number of nitrogens with zero attached hydrogens (tertiary/aromatic N) is 2. The zero-order valence-corrected chi connectivity index (χ0v) is 21.6. The Morgan fingerprint density at radius 3 is 1.91 bits per heavy atom. The first-order valence-electron chi connectivity index (χ1n) is 12.4. The van der Waals surface area contributed by atoms with Crippen LogP contribution >= 0.6 is 0 Å². The summed E-state index contributed by atoms with van der Waals surface area (Å²) in [5.74, 6) is 2.76. The fraction of sp³-hybridized carbons (Fsp3) is 0.387. The quantitative estimate of drug-likeness (QED) is 0.270. The van der Waals surface area contributed by atoms with Gasteiger partial charge in [0.2, 0.25) is 0 Å². The number of fused-ring (bicyclic) bond motifs is 1. The first-order chi connectivity index (χ1) is 15.7. The highest BCUT2D eigenvalue weighted by atomic mass is 15.2. The van der Waals surface area contributed by atoms with E-state index in [2.05, 4.69) is 125 Å². The molecule has 0 spiro atoms. The molecule has 1 aromatic heterocycles. The van der Waals surface area contributed by atoms with E-state index in [1.54, 1.807) is 0 Å². The molecule has 0 atom stereocenters. The number of aromatic nitrogens is 2. The van der Waals surface area contributed by atoms with Crippen LogP contribution in [0, 0.1) is 6.92 Å². The molecule has 4 rings (SSSR count). The smallest absolute Gasteiger partial charge is 0.226 e. The topological polar surface area (TPSA) is 8.81 Å². The molecule has 0 fully saturated rings. The van der Waals surface area contributed by atoms with Gasteiger partial charge in [0, 0.05) is 5.56 Å². The molecule has 0 aliphatic carbocycles. The van der Waals surface area contributed by atoms with Crippen LogP contribution in [-0.4, -0.2) is 4.57 Å². The van der Waals surface area contributed by atoms with E-state index in [0.717, 1.165) is 6.54 Å². The first-order valence-corrected chi connectivity index (χ1v) is 12.4. The van der Waals surface area contributed by atoms with Crippen molar-refractivity contribution < 1.29 is 4.57 Å². The summed E-state index contributed by atoms with van der Waals surface area (Å²) in [7, 11) is 2.20. The predicted molar refractivity (Wildman–Crippen MR) is 141 cm³/mol. The maximum Gasteiger partial charge on any atom is 0.290 e. The number of rotatable bonds is 6. The molecule has 2 nitrogen and oxygen atoms in total. The Morgan fingerprint density at radius 1 is 0.758 bits per heavy atom. The van der Waals surface area contributed by atoms with Gasteiger partial charge in [0.1, 0.15) is 6.54 Å². The summed E-state index contributed by atoms with van der Waals surface area (Å²) in [6, 6.07) is 22.5. The van der Waals surface area contributed by atoms with Gasteiger partial charge >= 0.3 is 0 Å². The van der Waals surface area contributed by atoms with E-state index in [1.807, 2.05) is 0 Å². The lowest BCUT2D eigenvalue weighted by Gasteiger charge is -2.22. The molecule has 3 aromatic carbocycles. The molecule has 33 heavy (non-hydrogen) atoms. The van der Waals surface area contributed by atoms with Crippen LogP contribution in [0.3, 0.4) is 0 Å². The molecule has 0 radical (unpaired) electrons. The second kappa shape index (κ2) is 9.17. The number of hydrogen-bond acceptors (Lipinski definition) is 0. The average Bonchev–Trinajstić information content (AvgIpc) is 3.05. The van der Waals surface area contributed by atoms with Crippen molar-refractivity contribution in [3.63, 3.8) is 0 Å². The lowest BCUT2D eigenvalue weighted by atomic mass is 9.84. The summed E-state index contributed by atoms with van der Waals surface area (Å²) in [5.41, 5.74) is 11.1. The van der Waals surface area contributed by atoms with Crippen molar-refractivity contribution in [2.45, 2.75) is 72.8 Å². The molecule has 0 amide bonds. The summed E-state index contributed by atoms with van der Waals surface area (Å²) in [6.45, 7) is 17.1. The molecule has 4 aromatic rings. The third-order valence-corrected chi connectivity index (χ3v) is 7.06. The molecule has 0 N–H and O–H groups in total. The van der Waals surface area contributed by atoms with Crippen LogP contribution in [0.5, 0.6) is 0 Å². The van der Waals surface area contributed by atoms with Gasteiger partial charge in [0.25, 0.3) is 5.82 Å².